The SMILES string of the molecule is CC(C)CCCC1C[CH]C1. The number of hydrogen-bond donors (Lipinski definition) is 0. The number of hydrogen-bond acceptors (Lipinski definition) is 0. The van der Waals surface area contributed by atoms with Crippen molar-refractivity contribution in [3.05, 3.63) is 6.42 Å². The van der Waals surface area contributed by atoms with Crippen LogP contribution in [0.2, 0.25) is 0 Å². The molecule has 1 rings (SSSR count). The molecule has 1 aliphatic rings. The summed E-state index contributed by atoms with van der Waals surface area (Å²) in [6.07, 6.45) is 9.57. The summed E-state index contributed by atoms with van der Waals surface area (Å²) in [4.78, 5) is 0. The average molecular weight is 139 g/mol. The zero-order valence-electron chi connectivity index (χ0n) is 7.27. The molecule has 10 heavy (non-hydrogen) atoms. The summed E-state index contributed by atoms with van der Waals surface area (Å²) < 4.78 is 0. The fourth-order valence-electron chi connectivity index (χ4n) is 1.45. The Labute approximate surface area is 65.0 Å². The minimum absolute atomic E-state index is 0.907. The first-order chi connectivity index (χ1) is 4.79. The van der Waals surface area contributed by atoms with E-state index in [4.69, 9.17) is 0 Å². The third-order valence-electron chi connectivity index (χ3n) is 2.39. The smallest absolute Gasteiger partial charge is 0.0380 e. The van der Waals surface area contributed by atoms with Gasteiger partial charge in [-0.25, -0.2) is 0 Å². The minimum atomic E-state index is 0.907. The van der Waals surface area contributed by atoms with Crippen LogP contribution in [0.4, 0.5) is 0 Å². The summed E-state index contributed by atoms with van der Waals surface area (Å²) in [5.74, 6) is 1.97. The molecule has 0 N–H and O–H groups in total. The van der Waals surface area contributed by atoms with Crippen molar-refractivity contribution in [2.45, 2.75) is 46.0 Å². The van der Waals surface area contributed by atoms with Crippen LogP contribution in [0.15, 0.2) is 0 Å². The lowest BCUT2D eigenvalue weighted by Crippen LogP contribution is -2.11. The topological polar surface area (TPSA) is 0 Å². The van der Waals surface area contributed by atoms with Gasteiger partial charge in [0.2, 0.25) is 0 Å². The van der Waals surface area contributed by atoms with E-state index in [0.717, 1.165) is 11.8 Å². The highest BCUT2D eigenvalue weighted by Crippen LogP contribution is 2.30. The Morgan fingerprint density at radius 3 is 2.50 bits per heavy atom. The van der Waals surface area contributed by atoms with Crippen LogP contribution in [-0.4, -0.2) is 0 Å². The Hall–Kier alpha value is 0. The van der Waals surface area contributed by atoms with Gasteiger partial charge in [0.15, 0.2) is 0 Å². The van der Waals surface area contributed by atoms with Gasteiger partial charge >= 0.3 is 0 Å². The molecule has 1 aliphatic carbocycles. The maximum absolute atomic E-state index is 2.40. The Morgan fingerprint density at radius 1 is 1.40 bits per heavy atom. The summed E-state index contributed by atoms with van der Waals surface area (Å²) in [5, 5.41) is 0. The quantitative estimate of drug-likeness (QED) is 0.559. The first-order valence-corrected chi connectivity index (χ1v) is 4.60. The van der Waals surface area contributed by atoms with Crippen molar-refractivity contribution in [2.75, 3.05) is 0 Å². The van der Waals surface area contributed by atoms with Crippen LogP contribution in [-0.2, 0) is 0 Å². The van der Waals surface area contributed by atoms with Crippen LogP contribution in [0.1, 0.15) is 46.0 Å². The molecule has 0 aliphatic heterocycles. The highest BCUT2D eigenvalue weighted by Gasteiger charge is 2.16. The van der Waals surface area contributed by atoms with E-state index in [1.165, 1.54) is 32.1 Å². The fourth-order valence-corrected chi connectivity index (χ4v) is 1.45. The lowest BCUT2D eigenvalue weighted by molar-refractivity contribution is 0.355. The molecule has 1 saturated carbocycles. The summed E-state index contributed by atoms with van der Waals surface area (Å²) in [6.45, 7) is 4.62. The van der Waals surface area contributed by atoms with Gasteiger partial charge in [-0.2, -0.15) is 0 Å². The Morgan fingerprint density at radius 2 is 2.10 bits per heavy atom. The molecular formula is C10H19. The Bertz CT molecular complexity index is 80.0. The molecule has 0 aromatic rings. The van der Waals surface area contributed by atoms with Crippen molar-refractivity contribution in [1.29, 1.82) is 0 Å². The standard InChI is InChI=1S/C10H19/c1-9(2)5-3-6-10-7-4-8-10/h4,9-10H,3,5-8H2,1-2H3. The molecule has 1 radical (unpaired) electrons. The largest absolute Gasteiger partial charge is 0.0628 e. The van der Waals surface area contributed by atoms with Crippen molar-refractivity contribution in [3.63, 3.8) is 0 Å². The first kappa shape index (κ1) is 8.10. The van der Waals surface area contributed by atoms with E-state index in [0.29, 0.717) is 0 Å². The molecular weight excluding hydrogens is 120 g/mol. The van der Waals surface area contributed by atoms with Crippen molar-refractivity contribution >= 4 is 0 Å². The van der Waals surface area contributed by atoms with Crippen LogP contribution < -0.4 is 0 Å². The van der Waals surface area contributed by atoms with Crippen molar-refractivity contribution in [1.82, 2.24) is 0 Å². The second-order valence-corrected chi connectivity index (χ2v) is 3.95. The van der Waals surface area contributed by atoms with Gasteiger partial charge in [-0.15, -0.1) is 0 Å². The molecule has 59 valence electrons. The summed E-state index contributed by atoms with van der Waals surface area (Å²) in [6, 6.07) is 0. The van der Waals surface area contributed by atoms with Crippen molar-refractivity contribution < 1.29 is 0 Å². The van der Waals surface area contributed by atoms with E-state index in [2.05, 4.69) is 20.3 Å². The summed E-state index contributed by atoms with van der Waals surface area (Å²) in [5.41, 5.74) is 0. The maximum Gasteiger partial charge on any atom is -0.0380 e. The molecule has 1 fully saturated rings. The van der Waals surface area contributed by atoms with Gasteiger partial charge in [-0.3, -0.25) is 0 Å². The van der Waals surface area contributed by atoms with Crippen LogP contribution in [0, 0.1) is 18.3 Å². The van der Waals surface area contributed by atoms with Crippen LogP contribution in [0.5, 0.6) is 0 Å². The lowest BCUT2D eigenvalue weighted by atomic mass is 9.81. The van der Waals surface area contributed by atoms with Gasteiger partial charge in [-0.1, -0.05) is 33.1 Å². The van der Waals surface area contributed by atoms with Crippen LogP contribution >= 0.6 is 0 Å². The van der Waals surface area contributed by atoms with Crippen LogP contribution in [0.3, 0.4) is 0 Å². The zero-order valence-corrected chi connectivity index (χ0v) is 7.27. The molecule has 0 atom stereocenters. The Balaban J connectivity index is 1.85. The average Bonchev–Trinajstić information content (AvgIpc) is 1.75. The normalized spacial score (nSPS) is 19.5. The lowest BCUT2D eigenvalue weighted by Gasteiger charge is -2.24. The molecule has 0 amide bonds. The third-order valence-corrected chi connectivity index (χ3v) is 2.39. The predicted octanol–water partition coefficient (Wildman–Crippen LogP) is 3.43. The molecule has 0 bridgehead atoms. The fraction of sp³-hybridized carbons (Fsp3) is 0.900. The molecule has 0 saturated heterocycles. The molecule has 0 nitrogen and oxygen atoms in total. The first-order valence-electron chi connectivity index (χ1n) is 4.60. The van der Waals surface area contributed by atoms with E-state index in [1.54, 1.807) is 0 Å². The monoisotopic (exact) mass is 139 g/mol. The Kier molecular flexibility index (Phi) is 3.24. The molecule has 0 heteroatoms. The van der Waals surface area contributed by atoms with Crippen molar-refractivity contribution in [3.8, 4) is 0 Å². The molecule has 0 spiro atoms. The minimum Gasteiger partial charge on any atom is -0.0628 e. The van der Waals surface area contributed by atoms with Gasteiger partial charge in [0, 0.05) is 0 Å². The third kappa shape index (κ3) is 2.72. The van der Waals surface area contributed by atoms with E-state index < -0.39 is 0 Å². The van der Waals surface area contributed by atoms with Gasteiger partial charge in [-0.05, 0) is 31.1 Å². The van der Waals surface area contributed by atoms with Gasteiger partial charge in [0.1, 0.15) is 0 Å². The zero-order chi connectivity index (χ0) is 7.40. The van der Waals surface area contributed by atoms with E-state index in [9.17, 15) is 0 Å². The molecule has 0 aromatic carbocycles. The van der Waals surface area contributed by atoms with E-state index in [1.807, 2.05) is 0 Å². The predicted molar refractivity (Wildman–Crippen MR) is 45.7 cm³/mol. The second kappa shape index (κ2) is 4.00. The number of rotatable bonds is 4. The molecule has 0 unspecified atom stereocenters. The highest BCUT2D eigenvalue weighted by atomic mass is 14.2. The second-order valence-electron chi connectivity index (χ2n) is 3.95. The summed E-state index contributed by atoms with van der Waals surface area (Å²) >= 11 is 0. The highest BCUT2D eigenvalue weighted by molar-refractivity contribution is 4.84. The van der Waals surface area contributed by atoms with Crippen LogP contribution in [0.25, 0.3) is 0 Å². The van der Waals surface area contributed by atoms with E-state index >= 15 is 0 Å². The van der Waals surface area contributed by atoms with Gasteiger partial charge < -0.3 is 0 Å². The molecule has 0 aromatic heterocycles. The van der Waals surface area contributed by atoms with E-state index in [-0.39, 0.29) is 0 Å². The van der Waals surface area contributed by atoms with Crippen molar-refractivity contribution in [2.24, 2.45) is 11.8 Å². The summed E-state index contributed by atoms with van der Waals surface area (Å²) in [7, 11) is 0. The van der Waals surface area contributed by atoms with Gasteiger partial charge in [0.05, 0.1) is 0 Å². The molecule has 0 heterocycles. The maximum atomic E-state index is 2.40. The van der Waals surface area contributed by atoms with Gasteiger partial charge in [0.25, 0.3) is 0 Å².